The van der Waals surface area contributed by atoms with E-state index in [0.717, 1.165) is 0 Å². The van der Waals surface area contributed by atoms with Crippen LogP contribution in [0.5, 0.6) is 0 Å². The molecule has 2 fully saturated rings. The normalized spacial score (nSPS) is 27.1. The zero-order valence-corrected chi connectivity index (χ0v) is 23.8. The lowest BCUT2D eigenvalue weighted by Gasteiger charge is -2.42. The molecule has 1 N–H and O–H groups in total. The van der Waals surface area contributed by atoms with E-state index in [2.05, 4.69) is 21.0 Å². The van der Waals surface area contributed by atoms with Crippen LogP contribution in [0.25, 0.3) is 0 Å². The fraction of sp³-hybridized carbons (Fsp3) is 0.556. The van der Waals surface area contributed by atoms with Gasteiger partial charge in [0.15, 0.2) is 6.23 Å². The van der Waals surface area contributed by atoms with Crippen molar-refractivity contribution in [3.63, 3.8) is 0 Å². The van der Waals surface area contributed by atoms with Crippen LogP contribution in [0, 0.1) is 11.3 Å². The predicted octanol–water partition coefficient (Wildman–Crippen LogP) is 4.23. The van der Waals surface area contributed by atoms with E-state index in [1.807, 2.05) is 34.6 Å². The van der Waals surface area contributed by atoms with Gasteiger partial charge in [-0.3, -0.25) is 9.36 Å². The highest BCUT2D eigenvalue weighted by molar-refractivity contribution is 7.44. The highest BCUT2D eigenvalue weighted by atomic mass is 31.2. The fourth-order valence-corrected chi connectivity index (χ4v) is 6.70. The highest BCUT2D eigenvalue weighted by Crippen LogP contribution is 2.60. The number of fused-ring (bicyclic) bond motifs is 2. The van der Waals surface area contributed by atoms with Gasteiger partial charge in [0, 0.05) is 25.2 Å². The van der Waals surface area contributed by atoms with Crippen LogP contribution in [-0.4, -0.2) is 62.7 Å². The van der Waals surface area contributed by atoms with E-state index in [0.29, 0.717) is 5.56 Å². The summed E-state index contributed by atoms with van der Waals surface area (Å²) in [5.41, 5.74) is -2.51. The second kappa shape index (κ2) is 11.8. The zero-order chi connectivity index (χ0) is 29.1. The van der Waals surface area contributed by atoms with Crippen LogP contribution in [0.4, 0.5) is 5.82 Å². The molecule has 2 aliphatic heterocycles. The maximum Gasteiger partial charge on any atom is 0.351 e. The van der Waals surface area contributed by atoms with E-state index in [4.69, 9.17) is 25.2 Å². The molecule has 1 amide bonds. The number of nitrogens with one attached hydrogen (secondary N) is 1. The van der Waals surface area contributed by atoms with Gasteiger partial charge in [0.2, 0.25) is 0 Å². The summed E-state index contributed by atoms with van der Waals surface area (Å²) in [6, 6.07) is 12.4. The molecule has 11 nitrogen and oxygen atoms in total. The number of carbonyl (C=O) groups is 1. The van der Waals surface area contributed by atoms with E-state index in [1.165, 1.54) is 16.8 Å². The second-order valence-electron chi connectivity index (χ2n) is 10.3. The number of hydrogen-bond acceptors (Lipinski definition) is 9. The minimum atomic E-state index is -1.67. The summed E-state index contributed by atoms with van der Waals surface area (Å²) >= 11 is 0. The monoisotopic (exact) mass is 558 g/mol. The summed E-state index contributed by atoms with van der Waals surface area (Å²) in [7, 11) is -1.67. The van der Waals surface area contributed by atoms with E-state index >= 15 is 0 Å². The minimum absolute atomic E-state index is 0.0749. The maximum atomic E-state index is 13.1. The zero-order valence-electron chi connectivity index (χ0n) is 23.9. The van der Waals surface area contributed by atoms with Crippen LogP contribution in [0.15, 0.2) is 47.4 Å². The number of rotatable bonds is 11. The lowest BCUT2D eigenvalue weighted by molar-refractivity contribution is -0.169. The van der Waals surface area contributed by atoms with Crippen molar-refractivity contribution in [1.82, 2.24) is 14.2 Å². The number of benzene rings is 1. The Labute approximate surface area is 231 Å². The summed E-state index contributed by atoms with van der Waals surface area (Å²) in [4.78, 5) is 29.7. The molecule has 4 rings (SSSR count). The summed E-state index contributed by atoms with van der Waals surface area (Å²) in [6.45, 7) is 10.1. The number of anilines is 1. The third-order valence-corrected chi connectivity index (χ3v) is 9.10. The number of nitriles is 1. The number of nitrogens with zero attached hydrogens (tertiary/aromatic N) is 4. The molecule has 5 atom stereocenters. The van der Waals surface area contributed by atoms with Crippen LogP contribution in [0.1, 0.15) is 65.9 Å². The Morgan fingerprint density at radius 3 is 2.67 bits per heavy atom. The van der Waals surface area contributed by atoms with Gasteiger partial charge in [-0.25, -0.2) is 9.46 Å². The first-order valence-electron chi connectivity index (χ1n) is 13.6. The van der Waals surface area contributed by atoms with Crippen molar-refractivity contribution < 1.29 is 24.7 Å². The van der Waals surface area contributed by atoms with Gasteiger partial charge in [-0.1, -0.05) is 18.2 Å². The van der Waals surface area contributed by atoms with E-state index in [1.54, 1.807) is 30.3 Å². The first kappa shape index (κ1) is 27.8. The molecule has 0 saturated carbocycles. The van der Waals surface area contributed by atoms with Gasteiger partial charge in [-0.05, 0) is 59.7 Å². The van der Waals surface area contributed by atoms with Gasteiger partial charge >= 0.3 is 5.69 Å². The average molecular weight is 559 g/mol. The molecule has 1 aromatic carbocycles. The molecule has 2 bridgehead atoms. The SMILES string of the molecule is [2H]C[C@]12CO[C@H]([C@H](n3ccc(NC(=O)c4ccccc4)nc3=O)O1)[C@@]2(C)OP(OCCC#N)N(C(C)C)C(C)C. The largest absolute Gasteiger partial charge is 0.367 e. The molecule has 2 aromatic rings. The van der Waals surface area contributed by atoms with Crippen LogP contribution in [0.3, 0.4) is 0 Å². The van der Waals surface area contributed by atoms with Crippen LogP contribution < -0.4 is 11.0 Å². The summed E-state index contributed by atoms with van der Waals surface area (Å²) in [5.74, 6) is -0.282. The Hall–Kier alpha value is -2.71. The molecule has 39 heavy (non-hydrogen) atoms. The summed E-state index contributed by atoms with van der Waals surface area (Å²) in [5, 5.41) is 11.7. The molecule has 0 aliphatic carbocycles. The van der Waals surface area contributed by atoms with Crippen molar-refractivity contribution in [3.05, 3.63) is 58.6 Å². The van der Waals surface area contributed by atoms with Gasteiger partial charge in [-0.2, -0.15) is 10.2 Å². The molecule has 2 aliphatic rings. The quantitative estimate of drug-likeness (QED) is 0.318. The average Bonchev–Trinajstić information content (AvgIpc) is 3.32. The lowest BCUT2D eigenvalue weighted by atomic mass is 9.87. The Kier molecular flexibility index (Phi) is 8.43. The van der Waals surface area contributed by atoms with Gasteiger partial charge in [0.05, 0.1) is 25.7 Å². The molecular formula is C27H36N5O6P. The molecule has 210 valence electrons. The second-order valence-corrected chi connectivity index (χ2v) is 11.7. The molecular weight excluding hydrogens is 521 g/mol. The molecule has 2 saturated heterocycles. The Morgan fingerprint density at radius 2 is 2.05 bits per heavy atom. The number of carbonyl (C=O) groups excluding carboxylic acids is 1. The first-order valence-corrected chi connectivity index (χ1v) is 14.0. The van der Waals surface area contributed by atoms with Gasteiger partial charge in [0.25, 0.3) is 14.4 Å². The third kappa shape index (κ3) is 5.78. The minimum Gasteiger partial charge on any atom is -0.367 e. The third-order valence-electron chi connectivity index (χ3n) is 6.86. The van der Waals surface area contributed by atoms with Crippen molar-refractivity contribution in [3.8, 4) is 6.07 Å². The van der Waals surface area contributed by atoms with E-state index in [9.17, 15) is 9.59 Å². The smallest absolute Gasteiger partial charge is 0.351 e. The highest BCUT2D eigenvalue weighted by Gasteiger charge is 2.69. The molecule has 12 heteroatoms. The fourth-order valence-electron chi connectivity index (χ4n) is 4.82. The van der Waals surface area contributed by atoms with Crippen molar-refractivity contribution in [2.45, 2.75) is 83.6 Å². The van der Waals surface area contributed by atoms with Crippen LogP contribution in [0.2, 0.25) is 0 Å². The molecule has 0 radical (unpaired) electrons. The molecule has 3 heterocycles. The summed E-state index contributed by atoms with van der Waals surface area (Å²) < 4.78 is 37.1. The standard InChI is InChI=1S/C27H36N5O6P/c1-18(2)32(19(3)4)39(36-16-10-14-28)38-27(6)22-24(37-26(27,5)17-35-22)31-15-13-21(30-25(31)34)29-23(33)20-11-8-7-9-12-20/h7-9,11-13,15,18-19,22,24H,10,16-17H2,1-6H3,(H,29,30,33,34)/t22-,24-,26-,27-,39?/m1/s1/i5D. The number of amides is 1. The lowest BCUT2D eigenvalue weighted by Crippen LogP contribution is -2.50. The molecule has 1 unspecified atom stereocenters. The van der Waals surface area contributed by atoms with Crippen molar-refractivity contribution in [2.24, 2.45) is 0 Å². The topological polar surface area (TPSA) is 128 Å². The molecule has 1 aromatic heterocycles. The van der Waals surface area contributed by atoms with Crippen molar-refractivity contribution in [1.29, 1.82) is 5.26 Å². The van der Waals surface area contributed by atoms with E-state index < -0.39 is 37.7 Å². The Balaban J connectivity index is 1.60. The Bertz CT molecular complexity index is 1280. The van der Waals surface area contributed by atoms with Gasteiger partial charge in [-0.15, -0.1) is 0 Å². The molecule has 0 spiro atoms. The van der Waals surface area contributed by atoms with E-state index in [-0.39, 0.29) is 50.3 Å². The number of aromatic nitrogens is 2. The Morgan fingerprint density at radius 1 is 1.33 bits per heavy atom. The first-order chi connectivity index (χ1) is 19.1. The van der Waals surface area contributed by atoms with Gasteiger partial charge < -0.3 is 23.8 Å². The predicted molar refractivity (Wildman–Crippen MR) is 146 cm³/mol. The van der Waals surface area contributed by atoms with Crippen LogP contribution in [-0.2, 0) is 18.5 Å². The van der Waals surface area contributed by atoms with Crippen molar-refractivity contribution >= 4 is 20.3 Å². The number of hydrogen-bond donors (Lipinski definition) is 1. The maximum absolute atomic E-state index is 13.1. The summed E-state index contributed by atoms with van der Waals surface area (Å²) in [6.07, 6.45) is 0.0434. The van der Waals surface area contributed by atoms with Crippen molar-refractivity contribution in [2.75, 3.05) is 18.5 Å². The van der Waals surface area contributed by atoms with Gasteiger partial charge in [0.1, 0.15) is 23.1 Å². The number of ether oxygens (including phenoxy) is 2. The van der Waals surface area contributed by atoms with Crippen LogP contribution >= 0.6 is 8.53 Å².